The van der Waals surface area contributed by atoms with Crippen molar-refractivity contribution >= 4 is 12.2 Å². The molecule has 1 aromatic carbocycles. The molecule has 1 heteroatoms. The highest BCUT2D eigenvalue weighted by atomic mass is 13.9. The molecule has 0 bridgehead atoms. The molecule has 1 aromatic rings. The monoisotopic (exact) mass is 188 g/mol. The minimum absolute atomic E-state index is 0.793. The molecule has 0 spiro atoms. The Morgan fingerprint density at radius 2 is 1.64 bits per heavy atom. The minimum atomic E-state index is 0.793. The van der Waals surface area contributed by atoms with Gasteiger partial charge in [0.15, 0.2) is 6.71 Å². The minimum Gasteiger partial charge on any atom is -0.0801 e. The van der Waals surface area contributed by atoms with Crippen LogP contribution in [0.5, 0.6) is 0 Å². The first-order chi connectivity index (χ1) is 6.88. The third-order valence-electron chi connectivity index (χ3n) is 2.81. The summed E-state index contributed by atoms with van der Waals surface area (Å²) in [5.74, 6) is 0. The second kappa shape index (κ2) is 6.70. The first-order valence-corrected chi connectivity index (χ1v) is 5.93. The van der Waals surface area contributed by atoms with Crippen LogP contribution in [0.3, 0.4) is 0 Å². The molecule has 0 aliphatic carbocycles. The second-order valence-corrected chi connectivity index (χ2v) is 4.04. The molecule has 0 amide bonds. The van der Waals surface area contributed by atoms with Crippen molar-refractivity contribution in [2.24, 2.45) is 0 Å². The quantitative estimate of drug-likeness (QED) is 0.598. The number of hydrogen-bond acceptors (Lipinski definition) is 0. The molecule has 14 heavy (non-hydrogen) atoms. The Balaban J connectivity index is 2.58. The van der Waals surface area contributed by atoms with E-state index < -0.39 is 0 Å². The molecule has 0 N–H and O–H groups in total. The van der Waals surface area contributed by atoms with Crippen LogP contribution in [0.4, 0.5) is 0 Å². The van der Waals surface area contributed by atoms with Crippen LogP contribution in [-0.4, -0.2) is 6.71 Å². The van der Waals surface area contributed by atoms with Gasteiger partial charge in [-0.25, -0.2) is 0 Å². The highest BCUT2D eigenvalue weighted by molar-refractivity contribution is 6.73. The molecule has 0 aromatic heterocycles. The SMILES string of the molecule is CCCCB(CCC)c1ccccc1. The summed E-state index contributed by atoms with van der Waals surface area (Å²) >= 11 is 0. The molecule has 76 valence electrons. The van der Waals surface area contributed by atoms with Crippen molar-refractivity contribution < 1.29 is 0 Å². The Bertz CT molecular complexity index is 230. The van der Waals surface area contributed by atoms with Gasteiger partial charge in [0.25, 0.3) is 0 Å². The van der Waals surface area contributed by atoms with Gasteiger partial charge >= 0.3 is 0 Å². The van der Waals surface area contributed by atoms with E-state index in [0.29, 0.717) is 0 Å². The van der Waals surface area contributed by atoms with Gasteiger partial charge in [-0.3, -0.25) is 0 Å². The van der Waals surface area contributed by atoms with Crippen LogP contribution in [0.2, 0.25) is 12.6 Å². The lowest BCUT2D eigenvalue weighted by molar-refractivity contribution is 0.869. The molecule has 0 fully saturated rings. The van der Waals surface area contributed by atoms with Crippen molar-refractivity contribution in [2.45, 2.75) is 45.8 Å². The molecule has 0 nitrogen and oxygen atoms in total. The Hall–Kier alpha value is -0.715. The van der Waals surface area contributed by atoms with Crippen LogP contribution >= 0.6 is 0 Å². The lowest BCUT2D eigenvalue weighted by Gasteiger charge is -2.12. The van der Waals surface area contributed by atoms with Crippen LogP contribution in [0.25, 0.3) is 0 Å². The maximum atomic E-state index is 2.28. The summed E-state index contributed by atoms with van der Waals surface area (Å²) in [5.41, 5.74) is 1.53. The van der Waals surface area contributed by atoms with Gasteiger partial charge in [0.05, 0.1) is 0 Å². The molecule has 0 saturated carbocycles. The Morgan fingerprint density at radius 1 is 0.929 bits per heavy atom. The van der Waals surface area contributed by atoms with Gasteiger partial charge in [0.2, 0.25) is 0 Å². The zero-order chi connectivity index (χ0) is 10.2. The predicted molar refractivity (Wildman–Crippen MR) is 66.6 cm³/mol. The molecular weight excluding hydrogens is 167 g/mol. The number of unbranched alkanes of at least 4 members (excludes halogenated alkanes) is 1. The topological polar surface area (TPSA) is 0 Å². The number of benzene rings is 1. The lowest BCUT2D eigenvalue weighted by Crippen LogP contribution is -2.29. The highest BCUT2D eigenvalue weighted by Gasteiger charge is 2.13. The number of hydrogen-bond donors (Lipinski definition) is 0. The third kappa shape index (κ3) is 3.57. The maximum absolute atomic E-state index is 2.28. The molecule has 0 saturated heterocycles. The summed E-state index contributed by atoms with van der Waals surface area (Å²) in [4.78, 5) is 0. The van der Waals surface area contributed by atoms with Crippen molar-refractivity contribution in [1.82, 2.24) is 0 Å². The average molecular weight is 188 g/mol. The fraction of sp³-hybridized carbons (Fsp3) is 0.538. The third-order valence-corrected chi connectivity index (χ3v) is 2.81. The smallest absolute Gasteiger partial charge is 0.0801 e. The van der Waals surface area contributed by atoms with E-state index >= 15 is 0 Å². The van der Waals surface area contributed by atoms with Gasteiger partial charge in [0.1, 0.15) is 0 Å². The van der Waals surface area contributed by atoms with Gasteiger partial charge in [-0.2, -0.15) is 0 Å². The molecule has 0 radical (unpaired) electrons. The molecule has 0 aliphatic rings. The Labute approximate surface area is 88.8 Å². The zero-order valence-electron chi connectivity index (χ0n) is 9.50. The Kier molecular flexibility index (Phi) is 5.43. The van der Waals surface area contributed by atoms with Gasteiger partial charge in [0, 0.05) is 0 Å². The summed E-state index contributed by atoms with van der Waals surface area (Å²) in [7, 11) is 0. The fourth-order valence-corrected chi connectivity index (χ4v) is 2.00. The van der Waals surface area contributed by atoms with E-state index in [1.54, 1.807) is 0 Å². The first-order valence-electron chi connectivity index (χ1n) is 5.93. The fourth-order valence-electron chi connectivity index (χ4n) is 2.00. The molecule has 1 rings (SSSR count). The second-order valence-electron chi connectivity index (χ2n) is 4.04. The summed E-state index contributed by atoms with van der Waals surface area (Å²) < 4.78 is 0. The van der Waals surface area contributed by atoms with E-state index in [9.17, 15) is 0 Å². The van der Waals surface area contributed by atoms with Crippen molar-refractivity contribution in [2.75, 3.05) is 0 Å². The van der Waals surface area contributed by atoms with Crippen molar-refractivity contribution in [3.05, 3.63) is 30.3 Å². The van der Waals surface area contributed by atoms with E-state index in [-0.39, 0.29) is 0 Å². The van der Waals surface area contributed by atoms with E-state index in [1.165, 1.54) is 37.4 Å². The van der Waals surface area contributed by atoms with Crippen molar-refractivity contribution in [1.29, 1.82) is 0 Å². The van der Waals surface area contributed by atoms with Gasteiger partial charge in [-0.05, 0) is 0 Å². The van der Waals surface area contributed by atoms with E-state index in [1.807, 2.05) is 0 Å². The van der Waals surface area contributed by atoms with Crippen LogP contribution in [0.1, 0.15) is 33.1 Å². The highest BCUT2D eigenvalue weighted by Crippen LogP contribution is 2.08. The molecule has 0 heterocycles. The van der Waals surface area contributed by atoms with Gasteiger partial charge < -0.3 is 0 Å². The predicted octanol–water partition coefficient (Wildman–Crippen LogP) is 3.60. The lowest BCUT2D eigenvalue weighted by atomic mass is 9.40. The summed E-state index contributed by atoms with van der Waals surface area (Å²) in [6.45, 7) is 5.34. The standard InChI is InChI=1S/C13H21B/c1-3-5-12-14(11-4-2)13-9-7-6-8-10-13/h6-10H,3-5,11-12H2,1-2H3. The molecule has 0 aliphatic heterocycles. The van der Waals surface area contributed by atoms with Crippen LogP contribution in [-0.2, 0) is 0 Å². The summed E-state index contributed by atoms with van der Waals surface area (Å²) in [6.07, 6.45) is 6.66. The van der Waals surface area contributed by atoms with E-state index in [4.69, 9.17) is 0 Å². The van der Waals surface area contributed by atoms with Crippen LogP contribution in [0, 0.1) is 0 Å². The van der Waals surface area contributed by atoms with Crippen molar-refractivity contribution in [3.8, 4) is 0 Å². The molecule has 0 atom stereocenters. The first kappa shape index (κ1) is 11.4. The maximum Gasteiger partial charge on any atom is 0.175 e. The zero-order valence-corrected chi connectivity index (χ0v) is 9.50. The van der Waals surface area contributed by atoms with Crippen LogP contribution in [0.15, 0.2) is 30.3 Å². The molecule has 0 unspecified atom stereocenters. The van der Waals surface area contributed by atoms with Crippen LogP contribution < -0.4 is 5.46 Å². The van der Waals surface area contributed by atoms with E-state index in [2.05, 4.69) is 44.2 Å². The molecular formula is C13H21B. The number of rotatable bonds is 6. The summed E-state index contributed by atoms with van der Waals surface area (Å²) in [6, 6.07) is 11.0. The van der Waals surface area contributed by atoms with Gasteiger partial charge in [-0.15, -0.1) is 0 Å². The van der Waals surface area contributed by atoms with Crippen molar-refractivity contribution in [3.63, 3.8) is 0 Å². The largest absolute Gasteiger partial charge is 0.175 e. The van der Waals surface area contributed by atoms with Gasteiger partial charge in [-0.1, -0.05) is 81.5 Å². The normalized spacial score (nSPS) is 10.1. The summed E-state index contributed by atoms with van der Waals surface area (Å²) in [5, 5.41) is 0. The Morgan fingerprint density at radius 3 is 2.21 bits per heavy atom. The average Bonchev–Trinajstić information content (AvgIpc) is 2.25. The van der Waals surface area contributed by atoms with E-state index in [0.717, 1.165) is 6.71 Å².